The SMILES string of the molecule is CN(CC(=O)Nc1ccccc1C(F)(F)F)C(=O)c1ccc(=O)[nH]c1. The van der Waals surface area contributed by atoms with Gasteiger partial charge < -0.3 is 15.2 Å². The van der Waals surface area contributed by atoms with Gasteiger partial charge in [-0.15, -0.1) is 0 Å². The first-order valence-electron chi connectivity index (χ1n) is 7.09. The lowest BCUT2D eigenvalue weighted by atomic mass is 10.1. The van der Waals surface area contributed by atoms with E-state index in [1.165, 1.54) is 31.4 Å². The topological polar surface area (TPSA) is 82.3 Å². The number of H-pyrrole nitrogens is 1. The van der Waals surface area contributed by atoms with Crippen LogP contribution in [0.1, 0.15) is 15.9 Å². The van der Waals surface area contributed by atoms with E-state index in [1.54, 1.807) is 0 Å². The van der Waals surface area contributed by atoms with Gasteiger partial charge in [0.1, 0.15) is 0 Å². The molecular formula is C16H14F3N3O3. The van der Waals surface area contributed by atoms with Gasteiger partial charge in [-0.25, -0.2) is 0 Å². The highest BCUT2D eigenvalue weighted by Gasteiger charge is 2.33. The molecule has 2 amide bonds. The molecule has 0 fully saturated rings. The van der Waals surface area contributed by atoms with Crippen molar-refractivity contribution >= 4 is 17.5 Å². The van der Waals surface area contributed by atoms with Crippen LogP contribution in [0, 0.1) is 0 Å². The lowest BCUT2D eigenvalue weighted by Crippen LogP contribution is -2.35. The zero-order valence-electron chi connectivity index (χ0n) is 13.1. The van der Waals surface area contributed by atoms with Crippen molar-refractivity contribution < 1.29 is 22.8 Å². The maximum absolute atomic E-state index is 12.9. The number of rotatable bonds is 4. The number of nitrogens with one attached hydrogen (secondary N) is 2. The number of para-hydroxylation sites is 1. The van der Waals surface area contributed by atoms with E-state index in [4.69, 9.17) is 0 Å². The van der Waals surface area contributed by atoms with Crippen molar-refractivity contribution in [3.05, 3.63) is 64.1 Å². The predicted molar refractivity (Wildman–Crippen MR) is 84.1 cm³/mol. The summed E-state index contributed by atoms with van der Waals surface area (Å²) in [5, 5.41) is 2.15. The van der Waals surface area contributed by atoms with Crippen LogP contribution in [0.15, 0.2) is 47.4 Å². The molecule has 0 saturated heterocycles. The van der Waals surface area contributed by atoms with Gasteiger partial charge in [0.2, 0.25) is 11.5 Å². The molecule has 1 aromatic heterocycles. The van der Waals surface area contributed by atoms with Crippen LogP contribution >= 0.6 is 0 Å². The molecule has 1 aromatic carbocycles. The number of halogens is 3. The van der Waals surface area contributed by atoms with Gasteiger partial charge in [0.25, 0.3) is 5.91 Å². The number of amides is 2. The number of pyridine rings is 1. The van der Waals surface area contributed by atoms with E-state index in [0.717, 1.165) is 23.1 Å². The standard InChI is InChI=1S/C16H14F3N3O3/c1-22(15(25)10-6-7-13(23)20-8-10)9-14(24)21-12-5-3-2-4-11(12)16(17,18)19/h2-8H,9H2,1H3,(H,20,23)(H,21,24). The van der Waals surface area contributed by atoms with Gasteiger partial charge in [0.05, 0.1) is 23.4 Å². The van der Waals surface area contributed by atoms with Gasteiger partial charge in [-0.2, -0.15) is 13.2 Å². The highest BCUT2D eigenvalue weighted by Crippen LogP contribution is 2.34. The molecule has 132 valence electrons. The Kier molecular flexibility index (Phi) is 5.26. The largest absolute Gasteiger partial charge is 0.418 e. The Hall–Kier alpha value is -3.10. The molecule has 0 radical (unpaired) electrons. The first-order chi connectivity index (χ1) is 11.7. The van der Waals surface area contributed by atoms with Crippen molar-refractivity contribution in [1.29, 1.82) is 0 Å². The van der Waals surface area contributed by atoms with Crippen LogP contribution in [0.3, 0.4) is 0 Å². The summed E-state index contributed by atoms with van der Waals surface area (Å²) in [4.78, 5) is 38.4. The van der Waals surface area contributed by atoms with E-state index in [9.17, 15) is 27.6 Å². The minimum Gasteiger partial charge on any atom is -0.332 e. The highest BCUT2D eigenvalue weighted by atomic mass is 19.4. The predicted octanol–water partition coefficient (Wildman–Crippen LogP) is 2.10. The molecule has 0 aliphatic rings. The second-order valence-electron chi connectivity index (χ2n) is 5.19. The van der Waals surface area contributed by atoms with Crippen molar-refractivity contribution in [1.82, 2.24) is 9.88 Å². The van der Waals surface area contributed by atoms with Crippen LogP contribution in [-0.4, -0.2) is 35.3 Å². The Labute approximate surface area is 140 Å². The molecule has 0 unspecified atom stereocenters. The van der Waals surface area contributed by atoms with Gasteiger partial charge in [-0.3, -0.25) is 14.4 Å². The third kappa shape index (κ3) is 4.69. The average molecular weight is 353 g/mol. The fraction of sp³-hybridized carbons (Fsp3) is 0.188. The van der Waals surface area contributed by atoms with E-state index in [2.05, 4.69) is 10.3 Å². The summed E-state index contributed by atoms with van der Waals surface area (Å²) in [6, 6.07) is 6.99. The minimum atomic E-state index is -4.61. The number of hydrogen-bond acceptors (Lipinski definition) is 3. The lowest BCUT2D eigenvalue weighted by molar-refractivity contribution is -0.137. The molecule has 2 N–H and O–H groups in total. The van der Waals surface area contributed by atoms with Gasteiger partial charge in [-0.05, 0) is 18.2 Å². The van der Waals surface area contributed by atoms with E-state index in [0.29, 0.717) is 0 Å². The van der Waals surface area contributed by atoms with Gasteiger partial charge in [0, 0.05) is 19.3 Å². The molecule has 2 rings (SSSR count). The smallest absolute Gasteiger partial charge is 0.332 e. The van der Waals surface area contributed by atoms with E-state index < -0.39 is 30.1 Å². The Morgan fingerprint density at radius 3 is 2.44 bits per heavy atom. The molecule has 25 heavy (non-hydrogen) atoms. The summed E-state index contributed by atoms with van der Waals surface area (Å²) in [6.07, 6.45) is -3.42. The summed E-state index contributed by atoms with van der Waals surface area (Å²) in [5.41, 5.74) is -1.60. The first kappa shape index (κ1) is 18.2. The second-order valence-corrected chi connectivity index (χ2v) is 5.19. The van der Waals surface area contributed by atoms with E-state index in [-0.39, 0.29) is 16.8 Å². The Morgan fingerprint density at radius 1 is 1.16 bits per heavy atom. The van der Waals surface area contributed by atoms with Crippen molar-refractivity contribution in [3.63, 3.8) is 0 Å². The third-order valence-electron chi connectivity index (χ3n) is 3.27. The molecule has 0 atom stereocenters. The number of likely N-dealkylation sites (N-methyl/N-ethyl adjacent to an activating group) is 1. The number of alkyl halides is 3. The number of carbonyl (C=O) groups is 2. The summed E-state index contributed by atoms with van der Waals surface area (Å²) in [5.74, 6) is -1.34. The van der Waals surface area contributed by atoms with Crippen LogP contribution in [0.5, 0.6) is 0 Å². The Bertz CT molecular complexity index is 826. The molecule has 6 nitrogen and oxygen atoms in total. The van der Waals surface area contributed by atoms with Crippen LogP contribution in [-0.2, 0) is 11.0 Å². The van der Waals surface area contributed by atoms with Crippen molar-refractivity contribution in [2.24, 2.45) is 0 Å². The molecule has 2 aromatic rings. The van der Waals surface area contributed by atoms with Crippen LogP contribution in [0.25, 0.3) is 0 Å². The quantitative estimate of drug-likeness (QED) is 0.883. The first-order valence-corrected chi connectivity index (χ1v) is 7.09. The average Bonchev–Trinajstić information content (AvgIpc) is 2.54. The number of anilines is 1. The maximum Gasteiger partial charge on any atom is 0.418 e. The maximum atomic E-state index is 12.9. The number of aromatic amines is 1. The Balaban J connectivity index is 2.06. The molecule has 1 heterocycles. The number of benzene rings is 1. The van der Waals surface area contributed by atoms with Crippen LogP contribution in [0.4, 0.5) is 18.9 Å². The van der Waals surface area contributed by atoms with Crippen molar-refractivity contribution in [3.8, 4) is 0 Å². The Morgan fingerprint density at radius 2 is 1.84 bits per heavy atom. The number of hydrogen-bond donors (Lipinski definition) is 2. The van der Waals surface area contributed by atoms with Gasteiger partial charge in [-0.1, -0.05) is 12.1 Å². The lowest BCUT2D eigenvalue weighted by Gasteiger charge is -2.18. The van der Waals surface area contributed by atoms with Crippen LogP contribution in [0.2, 0.25) is 0 Å². The number of carbonyl (C=O) groups excluding carboxylic acids is 2. The molecule has 0 spiro atoms. The van der Waals surface area contributed by atoms with Gasteiger partial charge in [0.15, 0.2) is 0 Å². The fourth-order valence-corrected chi connectivity index (χ4v) is 2.08. The molecule has 0 aliphatic carbocycles. The van der Waals surface area contributed by atoms with Crippen LogP contribution < -0.4 is 10.9 Å². The summed E-state index contributed by atoms with van der Waals surface area (Å²) >= 11 is 0. The monoisotopic (exact) mass is 353 g/mol. The molecular weight excluding hydrogens is 339 g/mol. The zero-order valence-corrected chi connectivity index (χ0v) is 13.1. The normalized spacial score (nSPS) is 11.0. The number of nitrogens with zero attached hydrogens (tertiary/aromatic N) is 1. The van der Waals surface area contributed by atoms with E-state index in [1.807, 2.05) is 0 Å². The van der Waals surface area contributed by atoms with Crippen molar-refractivity contribution in [2.45, 2.75) is 6.18 Å². The third-order valence-corrected chi connectivity index (χ3v) is 3.27. The summed E-state index contributed by atoms with van der Waals surface area (Å²) < 4.78 is 38.7. The highest BCUT2D eigenvalue weighted by molar-refractivity contribution is 5.99. The molecule has 9 heteroatoms. The number of aromatic nitrogens is 1. The summed E-state index contributed by atoms with van der Waals surface area (Å²) in [6.45, 7) is -0.454. The van der Waals surface area contributed by atoms with Crippen molar-refractivity contribution in [2.75, 3.05) is 18.9 Å². The second kappa shape index (κ2) is 7.20. The molecule has 0 bridgehead atoms. The van der Waals surface area contributed by atoms with E-state index >= 15 is 0 Å². The minimum absolute atomic E-state index is 0.144. The molecule has 0 saturated carbocycles. The van der Waals surface area contributed by atoms with Gasteiger partial charge >= 0.3 is 6.18 Å². The summed E-state index contributed by atoms with van der Waals surface area (Å²) in [7, 11) is 1.32. The molecule has 0 aliphatic heterocycles. The fourth-order valence-electron chi connectivity index (χ4n) is 2.08. The zero-order chi connectivity index (χ0) is 18.6.